The number of rotatable bonds is 3. The van der Waals surface area contributed by atoms with Crippen molar-refractivity contribution >= 4 is 34.1 Å². The Morgan fingerprint density at radius 1 is 1.09 bits per heavy atom. The SMILES string of the molecule is Nc1ncccc1-c1cnc2ncc(-c3cc(F)cc(Cl)c3)c(N3CC[C@H]4NCCO[C@@H]4C3)c2c1. The number of nitrogens with zero attached hydrogens (tertiary/aromatic N) is 4. The van der Waals surface area contributed by atoms with Crippen molar-refractivity contribution in [2.45, 2.75) is 18.6 Å². The smallest absolute Gasteiger partial charge is 0.161 e. The van der Waals surface area contributed by atoms with Gasteiger partial charge in [0.25, 0.3) is 0 Å². The van der Waals surface area contributed by atoms with Crippen LogP contribution in [0.5, 0.6) is 0 Å². The summed E-state index contributed by atoms with van der Waals surface area (Å²) in [7, 11) is 0. The van der Waals surface area contributed by atoms with Crippen molar-refractivity contribution in [2.24, 2.45) is 0 Å². The summed E-state index contributed by atoms with van der Waals surface area (Å²) in [6.07, 6.45) is 6.16. The van der Waals surface area contributed by atoms with Gasteiger partial charge in [-0.05, 0) is 48.4 Å². The molecule has 2 saturated heterocycles. The van der Waals surface area contributed by atoms with E-state index in [4.69, 9.17) is 22.1 Å². The summed E-state index contributed by atoms with van der Waals surface area (Å²) >= 11 is 6.23. The maximum absolute atomic E-state index is 14.4. The topological polar surface area (TPSA) is 89.2 Å². The van der Waals surface area contributed by atoms with Crippen LogP contribution in [0.2, 0.25) is 5.02 Å². The molecule has 3 aromatic heterocycles. The number of benzene rings is 1. The molecule has 2 aliphatic rings. The first-order chi connectivity index (χ1) is 17.1. The number of morpholine rings is 1. The molecular weight excluding hydrogens is 467 g/mol. The zero-order chi connectivity index (χ0) is 23.9. The Kier molecular flexibility index (Phi) is 5.72. The van der Waals surface area contributed by atoms with Gasteiger partial charge in [-0.15, -0.1) is 0 Å². The van der Waals surface area contributed by atoms with Gasteiger partial charge in [0, 0.05) is 71.4 Å². The lowest BCUT2D eigenvalue weighted by molar-refractivity contribution is -0.00896. The van der Waals surface area contributed by atoms with Gasteiger partial charge in [0.15, 0.2) is 5.65 Å². The maximum Gasteiger partial charge on any atom is 0.161 e. The van der Waals surface area contributed by atoms with E-state index in [1.165, 1.54) is 12.1 Å². The number of nitrogens with one attached hydrogen (secondary N) is 1. The molecule has 0 radical (unpaired) electrons. The minimum absolute atomic E-state index is 0.0646. The number of halogens is 2. The zero-order valence-corrected chi connectivity index (χ0v) is 19.7. The fourth-order valence-corrected chi connectivity index (χ4v) is 5.34. The first-order valence-electron chi connectivity index (χ1n) is 11.6. The van der Waals surface area contributed by atoms with Gasteiger partial charge in [-0.1, -0.05) is 11.6 Å². The predicted octanol–water partition coefficient (Wildman–Crippen LogP) is 4.30. The van der Waals surface area contributed by atoms with Crippen molar-refractivity contribution in [3.8, 4) is 22.3 Å². The standard InChI is InChI=1S/C26H24ClFN6O/c27-17-8-15(9-18(28)11-17)21-13-33-26-20(10-16(12-32-26)19-2-1-4-31-25(19)29)24(21)34-6-3-22-23(14-34)35-7-5-30-22/h1-2,4,8-13,22-23,30H,3,5-7,14H2,(H2,29,31)/t22-,23-/m1/s1. The van der Waals surface area contributed by atoms with Gasteiger partial charge in [-0.3, -0.25) is 0 Å². The van der Waals surface area contributed by atoms with Gasteiger partial charge in [0.05, 0.1) is 18.4 Å². The molecule has 2 aliphatic heterocycles. The van der Waals surface area contributed by atoms with Crippen molar-refractivity contribution in [3.05, 3.63) is 65.8 Å². The molecule has 0 aliphatic carbocycles. The second-order valence-electron chi connectivity index (χ2n) is 8.91. The molecule has 9 heteroatoms. The van der Waals surface area contributed by atoms with Crippen LogP contribution in [0.25, 0.3) is 33.3 Å². The first-order valence-corrected chi connectivity index (χ1v) is 12.0. The van der Waals surface area contributed by atoms with E-state index in [0.29, 0.717) is 41.2 Å². The Bertz CT molecular complexity index is 1400. The lowest BCUT2D eigenvalue weighted by atomic mass is 9.96. The van der Waals surface area contributed by atoms with Crippen LogP contribution in [0, 0.1) is 5.82 Å². The van der Waals surface area contributed by atoms with E-state index >= 15 is 0 Å². The van der Waals surface area contributed by atoms with E-state index in [-0.39, 0.29) is 6.10 Å². The number of anilines is 2. The van der Waals surface area contributed by atoms with E-state index in [1.807, 2.05) is 18.2 Å². The van der Waals surface area contributed by atoms with E-state index in [0.717, 1.165) is 47.3 Å². The molecular formula is C26H24ClFN6O. The van der Waals surface area contributed by atoms with Crippen molar-refractivity contribution in [1.82, 2.24) is 20.3 Å². The Labute approximate surface area is 207 Å². The normalized spacial score (nSPS) is 20.1. The highest BCUT2D eigenvalue weighted by Crippen LogP contribution is 2.40. The molecule has 0 bridgehead atoms. The van der Waals surface area contributed by atoms with E-state index in [1.54, 1.807) is 24.7 Å². The first kappa shape index (κ1) is 22.2. The van der Waals surface area contributed by atoms with Crippen LogP contribution in [-0.4, -0.2) is 53.3 Å². The van der Waals surface area contributed by atoms with Crippen LogP contribution in [0.1, 0.15) is 6.42 Å². The van der Waals surface area contributed by atoms with Crippen LogP contribution in [-0.2, 0) is 4.74 Å². The molecule has 7 nitrogen and oxygen atoms in total. The summed E-state index contributed by atoms with van der Waals surface area (Å²) in [5.74, 6) is 0.0331. The minimum Gasteiger partial charge on any atom is -0.383 e. The molecule has 2 fully saturated rings. The Hall–Kier alpha value is -3.33. The summed E-state index contributed by atoms with van der Waals surface area (Å²) in [5.41, 5.74) is 10.8. The quantitative estimate of drug-likeness (QED) is 0.442. The monoisotopic (exact) mass is 490 g/mol. The van der Waals surface area contributed by atoms with Crippen LogP contribution in [0.15, 0.2) is 55.0 Å². The number of hydrogen-bond acceptors (Lipinski definition) is 7. The van der Waals surface area contributed by atoms with Crippen molar-refractivity contribution in [2.75, 3.05) is 36.9 Å². The van der Waals surface area contributed by atoms with E-state index in [9.17, 15) is 4.39 Å². The fourth-order valence-electron chi connectivity index (χ4n) is 5.11. The summed E-state index contributed by atoms with van der Waals surface area (Å²) in [5, 5.41) is 4.75. The number of piperidine rings is 1. The number of pyridine rings is 3. The second-order valence-corrected chi connectivity index (χ2v) is 9.35. The largest absolute Gasteiger partial charge is 0.383 e. The number of hydrogen-bond donors (Lipinski definition) is 2. The molecule has 1 aromatic carbocycles. The Balaban J connectivity index is 1.55. The number of aromatic nitrogens is 3. The molecule has 2 atom stereocenters. The van der Waals surface area contributed by atoms with Gasteiger partial charge in [-0.25, -0.2) is 19.3 Å². The van der Waals surface area contributed by atoms with E-state index in [2.05, 4.69) is 25.2 Å². The molecule has 35 heavy (non-hydrogen) atoms. The third-order valence-electron chi connectivity index (χ3n) is 6.73. The maximum atomic E-state index is 14.4. The van der Waals surface area contributed by atoms with Crippen molar-refractivity contribution in [3.63, 3.8) is 0 Å². The Morgan fingerprint density at radius 2 is 1.97 bits per heavy atom. The van der Waals surface area contributed by atoms with Gasteiger partial charge in [-0.2, -0.15) is 0 Å². The van der Waals surface area contributed by atoms with Crippen molar-refractivity contribution < 1.29 is 9.13 Å². The van der Waals surface area contributed by atoms with E-state index < -0.39 is 5.82 Å². The van der Waals surface area contributed by atoms with Crippen molar-refractivity contribution in [1.29, 1.82) is 0 Å². The molecule has 178 valence electrons. The summed E-state index contributed by atoms with van der Waals surface area (Å²) in [6, 6.07) is 10.7. The fraction of sp³-hybridized carbons (Fsp3) is 0.269. The highest BCUT2D eigenvalue weighted by atomic mass is 35.5. The van der Waals surface area contributed by atoms with Crippen LogP contribution in [0.3, 0.4) is 0 Å². The highest BCUT2D eigenvalue weighted by molar-refractivity contribution is 6.31. The molecule has 0 spiro atoms. The van der Waals surface area contributed by atoms with Gasteiger partial charge in [0.2, 0.25) is 0 Å². The number of fused-ring (bicyclic) bond motifs is 2. The molecule has 0 saturated carbocycles. The average molecular weight is 491 g/mol. The van der Waals surface area contributed by atoms with Gasteiger partial charge in [0.1, 0.15) is 11.6 Å². The summed E-state index contributed by atoms with van der Waals surface area (Å²) < 4.78 is 20.5. The van der Waals surface area contributed by atoms with Gasteiger partial charge >= 0.3 is 0 Å². The molecule has 0 amide bonds. The average Bonchev–Trinajstić information content (AvgIpc) is 2.87. The van der Waals surface area contributed by atoms with Crippen LogP contribution < -0.4 is 16.0 Å². The third kappa shape index (κ3) is 4.18. The minimum atomic E-state index is -0.396. The number of ether oxygens (including phenoxy) is 1. The third-order valence-corrected chi connectivity index (χ3v) is 6.95. The molecule has 0 unspecified atom stereocenters. The summed E-state index contributed by atoms with van der Waals surface area (Å²) in [6.45, 7) is 3.06. The van der Waals surface area contributed by atoms with Crippen LogP contribution in [0.4, 0.5) is 15.9 Å². The highest BCUT2D eigenvalue weighted by Gasteiger charge is 2.33. The molecule has 5 heterocycles. The zero-order valence-electron chi connectivity index (χ0n) is 18.9. The predicted molar refractivity (Wildman–Crippen MR) is 136 cm³/mol. The molecule has 3 N–H and O–H groups in total. The van der Waals surface area contributed by atoms with Crippen LogP contribution >= 0.6 is 11.6 Å². The molecule has 6 rings (SSSR count). The lowest BCUT2D eigenvalue weighted by Crippen LogP contribution is -2.57. The number of nitrogen functional groups attached to an aromatic ring is 1. The van der Waals surface area contributed by atoms with Gasteiger partial charge < -0.3 is 20.7 Å². The molecule has 4 aromatic rings. The Morgan fingerprint density at radius 3 is 2.83 bits per heavy atom. The lowest BCUT2D eigenvalue weighted by Gasteiger charge is -2.43. The second kappa shape index (κ2) is 9.03. The number of nitrogens with two attached hydrogens (primary N) is 1. The summed E-state index contributed by atoms with van der Waals surface area (Å²) in [4.78, 5) is 15.8.